The third-order valence-corrected chi connectivity index (χ3v) is 7.00. The maximum atomic E-state index is 10.3. The van der Waals surface area contributed by atoms with Crippen LogP contribution in [-0.2, 0) is 10.1 Å². The van der Waals surface area contributed by atoms with Crippen molar-refractivity contribution in [3.05, 3.63) is 83.9 Å². The van der Waals surface area contributed by atoms with Gasteiger partial charge in [-0.2, -0.15) is 0 Å². The van der Waals surface area contributed by atoms with Crippen LogP contribution in [0.15, 0.2) is 87.5 Å². The van der Waals surface area contributed by atoms with Crippen molar-refractivity contribution >= 4 is 27.6 Å². The van der Waals surface area contributed by atoms with Gasteiger partial charge in [0.1, 0.15) is 10.1 Å². The van der Waals surface area contributed by atoms with Gasteiger partial charge in [-0.25, -0.2) is 8.42 Å². The first kappa shape index (κ1) is 23.3. The molecule has 0 spiro atoms. The van der Waals surface area contributed by atoms with Gasteiger partial charge in [-0.1, -0.05) is 59.8 Å². The molecule has 3 aromatic carbocycles. The summed E-state index contributed by atoms with van der Waals surface area (Å²) in [7, 11) is -4.25. The zero-order chi connectivity index (χ0) is 22.3. The summed E-state index contributed by atoms with van der Waals surface area (Å²) in [5.74, 6) is 0. The topological polar surface area (TPSA) is 72.5 Å². The third-order valence-electron chi connectivity index (χ3n) is 4.91. The summed E-state index contributed by atoms with van der Waals surface area (Å²) in [5.41, 5.74) is 4.05. The van der Waals surface area contributed by atoms with Gasteiger partial charge < -0.3 is 14.8 Å². The maximum absolute atomic E-state index is 10.3. The van der Waals surface area contributed by atoms with Crippen LogP contribution in [0, 0.1) is 13.8 Å². The molecule has 1 aliphatic heterocycles. The van der Waals surface area contributed by atoms with Crippen molar-refractivity contribution in [1.29, 1.82) is 0 Å². The Morgan fingerprint density at radius 1 is 0.871 bits per heavy atom. The number of aryl methyl sites for hydroxylation is 2. The van der Waals surface area contributed by atoms with Gasteiger partial charge in [0.15, 0.2) is 0 Å². The first-order chi connectivity index (χ1) is 14.8. The summed E-state index contributed by atoms with van der Waals surface area (Å²) >= 11 is 1.88. The number of piperazine rings is 1. The van der Waals surface area contributed by atoms with E-state index in [1.807, 2.05) is 11.8 Å². The molecule has 0 amide bonds. The van der Waals surface area contributed by atoms with E-state index in [9.17, 15) is 13.0 Å². The minimum Gasteiger partial charge on any atom is -0.744 e. The van der Waals surface area contributed by atoms with Crippen molar-refractivity contribution in [1.82, 2.24) is 5.32 Å². The zero-order valence-corrected chi connectivity index (χ0v) is 19.4. The number of hydrogen-bond donors (Lipinski definition) is 1. The lowest BCUT2D eigenvalue weighted by Crippen LogP contribution is -2.43. The van der Waals surface area contributed by atoms with Crippen LogP contribution in [0.25, 0.3) is 0 Å². The minimum absolute atomic E-state index is 0.185. The predicted molar refractivity (Wildman–Crippen MR) is 126 cm³/mol. The highest BCUT2D eigenvalue weighted by atomic mass is 32.2. The largest absolute Gasteiger partial charge is 0.744 e. The Kier molecular flexibility index (Phi) is 8.15. The fourth-order valence-electron chi connectivity index (χ4n) is 3.33. The fourth-order valence-corrected chi connectivity index (χ4v) is 4.86. The lowest BCUT2D eigenvalue weighted by Gasteiger charge is -2.31. The molecule has 1 saturated heterocycles. The van der Waals surface area contributed by atoms with Crippen LogP contribution in [0.3, 0.4) is 0 Å². The van der Waals surface area contributed by atoms with E-state index in [-0.39, 0.29) is 4.90 Å². The van der Waals surface area contributed by atoms with E-state index in [4.69, 9.17) is 0 Å². The number of rotatable bonds is 4. The van der Waals surface area contributed by atoms with E-state index < -0.39 is 10.1 Å². The van der Waals surface area contributed by atoms with Crippen LogP contribution in [0.1, 0.15) is 11.1 Å². The van der Waals surface area contributed by atoms with Crippen LogP contribution in [0.2, 0.25) is 0 Å². The van der Waals surface area contributed by atoms with Gasteiger partial charge in [0, 0.05) is 36.0 Å². The summed E-state index contributed by atoms with van der Waals surface area (Å²) in [5, 5.41) is 3.42. The fraction of sp³-hybridized carbons (Fsp3) is 0.250. The molecule has 1 N–H and O–H groups in total. The molecule has 0 aromatic heterocycles. The molecule has 1 heterocycles. The number of hydrogen-bond acceptors (Lipinski definition) is 6. The number of para-hydroxylation sites is 1. The van der Waals surface area contributed by atoms with Gasteiger partial charge >= 0.3 is 0 Å². The summed E-state index contributed by atoms with van der Waals surface area (Å²) < 4.78 is 30.8. The van der Waals surface area contributed by atoms with Crippen LogP contribution in [0.4, 0.5) is 5.69 Å². The van der Waals surface area contributed by atoms with Gasteiger partial charge in [0.05, 0.1) is 10.6 Å². The molecule has 0 atom stereocenters. The second kappa shape index (κ2) is 10.8. The maximum Gasteiger partial charge on any atom is 0.124 e. The number of nitrogens with zero attached hydrogens (tertiary/aromatic N) is 1. The van der Waals surface area contributed by atoms with Gasteiger partial charge in [0.2, 0.25) is 0 Å². The van der Waals surface area contributed by atoms with Gasteiger partial charge in [-0.3, -0.25) is 0 Å². The molecule has 0 bridgehead atoms. The van der Waals surface area contributed by atoms with E-state index in [0.717, 1.165) is 26.2 Å². The van der Waals surface area contributed by atoms with Crippen molar-refractivity contribution in [3.63, 3.8) is 0 Å². The molecule has 0 aliphatic carbocycles. The molecular weight excluding hydrogens is 428 g/mol. The highest BCUT2D eigenvalue weighted by Gasteiger charge is 2.14. The molecule has 1 fully saturated rings. The van der Waals surface area contributed by atoms with E-state index in [1.54, 1.807) is 6.07 Å². The zero-order valence-electron chi connectivity index (χ0n) is 17.7. The quantitative estimate of drug-likeness (QED) is 0.586. The summed E-state index contributed by atoms with van der Waals surface area (Å²) in [4.78, 5) is 5.01. The normalized spacial score (nSPS) is 14.0. The summed E-state index contributed by atoms with van der Waals surface area (Å²) in [6.45, 7) is 8.67. The average Bonchev–Trinajstić information content (AvgIpc) is 2.77. The molecule has 0 radical (unpaired) electrons. The standard InChI is InChI=1S/C18H22N2S.C6H6O3S/c1-14-7-8-17(15(2)13-14)21-18-6-4-3-5-16(18)20-11-9-19-10-12-20;7-10(8,9)6-4-2-1-3-5-6/h3-8,13,19H,9-12H2,1-2H3;1-5H,(H,7,8,9)/p-1. The molecule has 1 aliphatic rings. The Hall–Kier alpha value is -2.32. The van der Waals surface area contributed by atoms with Gasteiger partial charge in [-0.15, -0.1) is 0 Å². The molecule has 7 heteroatoms. The molecular formula is C24H27N2O3S2-. The van der Waals surface area contributed by atoms with Crippen molar-refractivity contribution in [2.45, 2.75) is 28.5 Å². The number of benzene rings is 3. The SMILES string of the molecule is Cc1ccc(Sc2ccccc2N2CCNCC2)c(C)c1.O=S(=O)([O-])c1ccccc1. The second-order valence-electron chi connectivity index (χ2n) is 7.34. The van der Waals surface area contributed by atoms with E-state index in [2.05, 4.69) is 66.5 Å². The van der Waals surface area contributed by atoms with Crippen LogP contribution in [0.5, 0.6) is 0 Å². The molecule has 0 unspecified atom stereocenters. The number of anilines is 1. The summed E-state index contributed by atoms with van der Waals surface area (Å²) in [6, 6.07) is 22.6. The second-order valence-corrected chi connectivity index (χ2v) is 9.81. The Morgan fingerprint density at radius 2 is 1.52 bits per heavy atom. The highest BCUT2D eigenvalue weighted by Crippen LogP contribution is 2.37. The summed E-state index contributed by atoms with van der Waals surface area (Å²) in [6.07, 6.45) is 0. The first-order valence-corrected chi connectivity index (χ1v) is 12.4. The Bertz CT molecular complexity index is 1100. The van der Waals surface area contributed by atoms with Gasteiger partial charge in [0.25, 0.3) is 0 Å². The Labute approximate surface area is 189 Å². The van der Waals surface area contributed by atoms with Crippen LogP contribution >= 0.6 is 11.8 Å². The Morgan fingerprint density at radius 3 is 2.13 bits per heavy atom. The van der Waals surface area contributed by atoms with E-state index in [1.165, 1.54) is 50.9 Å². The first-order valence-electron chi connectivity index (χ1n) is 10.2. The van der Waals surface area contributed by atoms with Crippen molar-refractivity contribution in [2.24, 2.45) is 0 Å². The van der Waals surface area contributed by atoms with Crippen molar-refractivity contribution in [3.8, 4) is 0 Å². The lowest BCUT2D eigenvalue weighted by molar-refractivity contribution is 0.463. The molecule has 0 saturated carbocycles. The number of nitrogens with one attached hydrogen (secondary N) is 1. The smallest absolute Gasteiger partial charge is 0.124 e. The van der Waals surface area contributed by atoms with E-state index >= 15 is 0 Å². The van der Waals surface area contributed by atoms with Crippen molar-refractivity contribution in [2.75, 3.05) is 31.1 Å². The molecule has 5 nitrogen and oxygen atoms in total. The lowest BCUT2D eigenvalue weighted by atomic mass is 10.2. The third kappa shape index (κ3) is 6.83. The molecule has 31 heavy (non-hydrogen) atoms. The molecule has 164 valence electrons. The Balaban J connectivity index is 0.000000229. The predicted octanol–water partition coefficient (Wildman–Crippen LogP) is 4.45. The monoisotopic (exact) mass is 455 g/mol. The average molecular weight is 456 g/mol. The highest BCUT2D eigenvalue weighted by molar-refractivity contribution is 7.99. The van der Waals surface area contributed by atoms with Crippen LogP contribution < -0.4 is 10.2 Å². The van der Waals surface area contributed by atoms with Gasteiger partial charge in [-0.05, 0) is 49.7 Å². The molecule has 4 rings (SSSR count). The van der Waals surface area contributed by atoms with Crippen LogP contribution in [-0.4, -0.2) is 39.1 Å². The van der Waals surface area contributed by atoms with Crippen molar-refractivity contribution < 1.29 is 13.0 Å². The molecule has 3 aromatic rings. The van der Waals surface area contributed by atoms with E-state index in [0.29, 0.717) is 0 Å². The minimum atomic E-state index is -4.25.